The predicted molar refractivity (Wildman–Crippen MR) is 80.5 cm³/mol. The Morgan fingerprint density at radius 2 is 1.80 bits per heavy atom. The zero-order valence-corrected chi connectivity index (χ0v) is 11.4. The highest BCUT2D eigenvalue weighted by atomic mass is 16.1. The van der Waals surface area contributed by atoms with E-state index < -0.39 is 0 Å². The van der Waals surface area contributed by atoms with E-state index in [1.54, 1.807) is 0 Å². The summed E-state index contributed by atoms with van der Waals surface area (Å²) in [4.78, 5) is 12.1. The van der Waals surface area contributed by atoms with Gasteiger partial charge in [0.2, 0.25) is 0 Å². The lowest BCUT2D eigenvalue weighted by atomic mass is 10.1. The first kappa shape index (κ1) is 12.7. The largest absolute Gasteiger partial charge is 0.399 e. The third kappa shape index (κ3) is 2.67. The van der Waals surface area contributed by atoms with E-state index in [9.17, 15) is 4.79 Å². The lowest BCUT2D eigenvalue weighted by Crippen LogP contribution is -2.22. The number of hydrogen-bond acceptors (Lipinski definition) is 2. The lowest BCUT2D eigenvalue weighted by molar-refractivity contribution is 0.0951. The summed E-state index contributed by atoms with van der Waals surface area (Å²) < 4.78 is 0. The molecule has 0 saturated carbocycles. The van der Waals surface area contributed by atoms with Crippen molar-refractivity contribution in [3.8, 4) is 0 Å². The predicted octanol–water partition coefficient (Wildman–Crippen LogP) is 2.69. The highest BCUT2D eigenvalue weighted by molar-refractivity contribution is 5.94. The van der Waals surface area contributed by atoms with Gasteiger partial charge in [-0.15, -0.1) is 0 Å². The van der Waals surface area contributed by atoms with Crippen molar-refractivity contribution in [1.29, 1.82) is 0 Å². The van der Waals surface area contributed by atoms with Gasteiger partial charge in [0.25, 0.3) is 5.91 Å². The summed E-state index contributed by atoms with van der Waals surface area (Å²) in [5.74, 6) is -0.0171. The molecule has 3 N–H and O–H groups in total. The Morgan fingerprint density at radius 3 is 2.60 bits per heavy atom. The fourth-order valence-electron chi connectivity index (χ4n) is 2.63. The van der Waals surface area contributed by atoms with Crippen LogP contribution in [0.1, 0.15) is 33.5 Å². The first-order chi connectivity index (χ1) is 9.72. The topological polar surface area (TPSA) is 55.1 Å². The number of nitrogens with two attached hydrogens (primary N) is 1. The second-order valence-electron chi connectivity index (χ2n) is 5.26. The summed E-state index contributed by atoms with van der Waals surface area (Å²) in [6, 6.07) is 13.6. The Morgan fingerprint density at radius 1 is 1.05 bits per heavy atom. The second kappa shape index (κ2) is 5.37. The highest BCUT2D eigenvalue weighted by Crippen LogP contribution is 2.22. The molecule has 20 heavy (non-hydrogen) atoms. The van der Waals surface area contributed by atoms with Crippen molar-refractivity contribution in [2.75, 3.05) is 5.73 Å². The van der Waals surface area contributed by atoms with Gasteiger partial charge >= 0.3 is 0 Å². The first-order valence-corrected chi connectivity index (χ1v) is 6.97. The molecule has 1 aliphatic rings. The third-order valence-electron chi connectivity index (χ3n) is 3.79. The molecule has 3 rings (SSSR count). The molecule has 3 nitrogen and oxygen atoms in total. The number of anilines is 1. The van der Waals surface area contributed by atoms with Crippen LogP contribution in [-0.4, -0.2) is 5.91 Å². The first-order valence-electron chi connectivity index (χ1n) is 6.97. The molecular formula is C17H18N2O. The van der Waals surface area contributed by atoms with E-state index in [-0.39, 0.29) is 5.91 Å². The molecule has 0 radical (unpaired) electrons. The molecule has 2 aromatic carbocycles. The number of rotatable bonds is 3. The maximum Gasteiger partial charge on any atom is 0.251 e. The van der Waals surface area contributed by atoms with Gasteiger partial charge in [-0.05, 0) is 60.2 Å². The molecule has 0 bridgehead atoms. The molecule has 102 valence electrons. The van der Waals surface area contributed by atoms with Gasteiger partial charge in [-0.3, -0.25) is 4.79 Å². The Bertz CT molecular complexity index is 632. The summed E-state index contributed by atoms with van der Waals surface area (Å²) >= 11 is 0. The van der Waals surface area contributed by atoms with Crippen molar-refractivity contribution in [3.05, 3.63) is 64.7 Å². The lowest BCUT2D eigenvalue weighted by Gasteiger charge is -2.07. The van der Waals surface area contributed by atoms with Gasteiger partial charge in [0, 0.05) is 17.8 Å². The molecular weight excluding hydrogens is 248 g/mol. The van der Waals surface area contributed by atoms with Crippen molar-refractivity contribution in [3.63, 3.8) is 0 Å². The van der Waals surface area contributed by atoms with E-state index in [4.69, 9.17) is 5.73 Å². The molecule has 2 aromatic rings. The molecule has 3 heteroatoms. The molecule has 1 amide bonds. The van der Waals surface area contributed by atoms with Gasteiger partial charge in [-0.1, -0.05) is 18.2 Å². The molecule has 0 atom stereocenters. The van der Waals surface area contributed by atoms with Gasteiger partial charge in [0.1, 0.15) is 0 Å². The van der Waals surface area contributed by atoms with E-state index in [1.807, 2.05) is 36.4 Å². The van der Waals surface area contributed by atoms with Crippen molar-refractivity contribution in [2.45, 2.75) is 25.8 Å². The molecule has 0 spiro atoms. The van der Waals surface area contributed by atoms with Crippen LogP contribution in [-0.2, 0) is 19.4 Å². The minimum atomic E-state index is -0.0171. The van der Waals surface area contributed by atoms with Crippen LogP contribution in [0, 0.1) is 0 Å². The monoisotopic (exact) mass is 266 g/mol. The quantitative estimate of drug-likeness (QED) is 0.839. The fourth-order valence-corrected chi connectivity index (χ4v) is 2.63. The summed E-state index contributed by atoms with van der Waals surface area (Å²) in [5, 5.41) is 2.95. The van der Waals surface area contributed by atoms with Gasteiger partial charge in [0.05, 0.1) is 0 Å². The van der Waals surface area contributed by atoms with Crippen LogP contribution in [0.3, 0.4) is 0 Å². The van der Waals surface area contributed by atoms with Crippen LogP contribution in [0.25, 0.3) is 0 Å². The fraction of sp³-hybridized carbons (Fsp3) is 0.235. The van der Waals surface area contributed by atoms with Gasteiger partial charge in [-0.25, -0.2) is 0 Å². The van der Waals surface area contributed by atoms with Crippen molar-refractivity contribution < 1.29 is 4.79 Å². The molecule has 0 fully saturated rings. The zero-order valence-electron chi connectivity index (χ0n) is 11.4. The summed E-state index contributed by atoms with van der Waals surface area (Å²) in [6.45, 7) is 0.524. The van der Waals surface area contributed by atoms with E-state index in [1.165, 1.54) is 17.5 Å². The van der Waals surface area contributed by atoms with Crippen molar-refractivity contribution >= 4 is 11.6 Å². The zero-order chi connectivity index (χ0) is 13.9. The van der Waals surface area contributed by atoms with Crippen LogP contribution in [0.15, 0.2) is 42.5 Å². The smallest absolute Gasteiger partial charge is 0.251 e. The van der Waals surface area contributed by atoms with E-state index >= 15 is 0 Å². The Balaban J connectivity index is 1.66. The minimum absolute atomic E-state index is 0.0171. The standard InChI is InChI=1S/C17H18N2O/c18-16-8-4-12(5-9-16)11-19-17(20)15-7-6-13-2-1-3-14(13)10-15/h4-10H,1-3,11,18H2,(H,19,20). The van der Waals surface area contributed by atoms with Crippen molar-refractivity contribution in [1.82, 2.24) is 5.32 Å². The molecule has 0 heterocycles. The summed E-state index contributed by atoms with van der Waals surface area (Å²) in [5.41, 5.74) is 10.9. The number of carbonyl (C=O) groups excluding carboxylic acids is 1. The summed E-state index contributed by atoms with van der Waals surface area (Å²) in [7, 11) is 0. The Kier molecular flexibility index (Phi) is 3.42. The van der Waals surface area contributed by atoms with Gasteiger partial charge in [-0.2, -0.15) is 0 Å². The molecule has 0 aliphatic heterocycles. The number of fused-ring (bicyclic) bond motifs is 1. The maximum atomic E-state index is 12.1. The molecule has 1 aliphatic carbocycles. The minimum Gasteiger partial charge on any atom is -0.399 e. The second-order valence-corrected chi connectivity index (χ2v) is 5.26. The van der Waals surface area contributed by atoms with Gasteiger partial charge in [0.15, 0.2) is 0 Å². The van der Waals surface area contributed by atoms with E-state index in [0.717, 1.165) is 29.7 Å². The number of nitrogen functional groups attached to an aromatic ring is 1. The number of aryl methyl sites for hydroxylation is 2. The van der Waals surface area contributed by atoms with Crippen LogP contribution in [0.4, 0.5) is 5.69 Å². The van der Waals surface area contributed by atoms with Crippen LogP contribution in [0.2, 0.25) is 0 Å². The van der Waals surface area contributed by atoms with E-state index in [2.05, 4.69) is 11.4 Å². The molecule has 0 aromatic heterocycles. The Labute approximate surface area is 118 Å². The average molecular weight is 266 g/mol. The van der Waals surface area contributed by atoms with E-state index in [0.29, 0.717) is 6.54 Å². The van der Waals surface area contributed by atoms with Crippen molar-refractivity contribution in [2.24, 2.45) is 0 Å². The third-order valence-corrected chi connectivity index (χ3v) is 3.79. The Hall–Kier alpha value is -2.29. The molecule has 0 unspecified atom stereocenters. The highest BCUT2D eigenvalue weighted by Gasteiger charge is 2.13. The number of amides is 1. The number of nitrogens with one attached hydrogen (secondary N) is 1. The molecule has 0 saturated heterocycles. The van der Waals surface area contributed by atoms with Gasteiger partial charge < -0.3 is 11.1 Å². The maximum absolute atomic E-state index is 12.1. The number of hydrogen-bond donors (Lipinski definition) is 2. The van der Waals surface area contributed by atoms with Crippen LogP contribution >= 0.6 is 0 Å². The number of benzene rings is 2. The normalized spacial score (nSPS) is 13.0. The SMILES string of the molecule is Nc1ccc(CNC(=O)c2ccc3c(c2)CCC3)cc1. The average Bonchev–Trinajstić information content (AvgIpc) is 2.93. The number of carbonyl (C=O) groups is 1. The van der Waals surface area contributed by atoms with Crippen LogP contribution < -0.4 is 11.1 Å². The van der Waals surface area contributed by atoms with Crippen LogP contribution in [0.5, 0.6) is 0 Å². The summed E-state index contributed by atoms with van der Waals surface area (Å²) in [6.07, 6.45) is 3.43.